The minimum Gasteiger partial charge on any atom is -0.463 e. The monoisotopic (exact) mass is 458 g/mol. The van der Waals surface area contributed by atoms with E-state index in [-0.39, 0.29) is 13.0 Å². The normalized spacial score (nSPS) is 20.6. The van der Waals surface area contributed by atoms with Gasteiger partial charge in [-0.3, -0.25) is 4.79 Å². The molecule has 1 aliphatic rings. The van der Waals surface area contributed by atoms with Crippen LogP contribution in [-0.2, 0) is 30.2 Å². The van der Waals surface area contributed by atoms with Crippen LogP contribution in [0.3, 0.4) is 0 Å². The molecule has 1 saturated carbocycles. The zero-order valence-corrected chi connectivity index (χ0v) is 20.0. The summed E-state index contributed by atoms with van der Waals surface area (Å²) >= 11 is 6.01. The highest BCUT2D eigenvalue weighted by Crippen LogP contribution is 2.36. The number of aryl methyl sites for hydroxylation is 2. The first-order chi connectivity index (χ1) is 15.3. The van der Waals surface area contributed by atoms with Gasteiger partial charge in [-0.1, -0.05) is 42.3 Å². The van der Waals surface area contributed by atoms with Crippen LogP contribution in [0.15, 0.2) is 36.4 Å². The fraction of sp³-hybridized carbons (Fsp3) is 0.462. The first kappa shape index (κ1) is 24.3. The quantitative estimate of drug-likeness (QED) is 0.505. The summed E-state index contributed by atoms with van der Waals surface area (Å²) in [6.45, 7) is 5.95. The van der Waals surface area contributed by atoms with Crippen molar-refractivity contribution in [3.63, 3.8) is 0 Å². The number of hydrogen-bond donors (Lipinski definition) is 0. The van der Waals surface area contributed by atoms with Gasteiger partial charge in [-0.2, -0.15) is 0 Å². The third-order valence-electron chi connectivity index (χ3n) is 6.16. The van der Waals surface area contributed by atoms with Crippen molar-refractivity contribution in [3.8, 4) is 11.1 Å². The lowest BCUT2D eigenvalue weighted by Crippen LogP contribution is -2.56. The van der Waals surface area contributed by atoms with Crippen LogP contribution in [0.25, 0.3) is 11.1 Å². The Morgan fingerprint density at radius 2 is 1.81 bits per heavy atom. The lowest BCUT2D eigenvalue weighted by atomic mass is 9.81. The fourth-order valence-corrected chi connectivity index (χ4v) is 4.59. The Morgan fingerprint density at radius 3 is 2.47 bits per heavy atom. The maximum Gasteiger partial charge on any atom is 0.353 e. The highest BCUT2D eigenvalue weighted by atomic mass is 35.5. The molecule has 0 aliphatic heterocycles. The largest absolute Gasteiger partial charge is 0.463 e. The summed E-state index contributed by atoms with van der Waals surface area (Å²) in [5.74, 6) is -0.977. The summed E-state index contributed by atoms with van der Waals surface area (Å²) in [7, 11) is 1.54. The molecule has 0 amide bonds. The van der Waals surface area contributed by atoms with E-state index in [1.54, 1.807) is 14.0 Å². The minimum atomic E-state index is -1.38. The standard InChI is InChI=1S/C26H31ClO5/c1-5-31-25(29)26(13-7-6-8-23(26)30-4)32-24(28)16-20-14-18(3)22(15-17(20)2)19-9-11-21(27)12-10-19/h9-12,14-15,23H,5-8,13,16H2,1-4H3. The van der Waals surface area contributed by atoms with Crippen LogP contribution in [0.4, 0.5) is 0 Å². The number of methoxy groups -OCH3 is 1. The molecule has 0 saturated heterocycles. The number of halogens is 1. The molecule has 32 heavy (non-hydrogen) atoms. The van der Waals surface area contributed by atoms with Gasteiger partial charge < -0.3 is 14.2 Å². The number of benzene rings is 2. The van der Waals surface area contributed by atoms with Crippen molar-refractivity contribution in [1.82, 2.24) is 0 Å². The second kappa shape index (κ2) is 10.5. The van der Waals surface area contributed by atoms with Crippen molar-refractivity contribution in [2.75, 3.05) is 13.7 Å². The van der Waals surface area contributed by atoms with Gasteiger partial charge in [0.1, 0.15) is 6.10 Å². The molecule has 1 aliphatic carbocycles. The average Bonchev–Trinajstić information content (AvgIpc) is 2.77. The van der Waals surface area contributed by atoms with Crippen molar-refractivity contribution in [1.29, 1.82) is 0 Å². The van der Waals surface area contributed by atoms with Crippen molar-refractivity contribution >= 4 is 23.5 Å². The SMILES string of the molecule is CCOC(=O)C1(OC(=O)Cc2cc(C)c(-c3ccc(Cl)cc3)cc2C)CCCCC1OC. The van der Waals surface area contributed by atoms with E-state index >= 15 is 0 Å². The predicted octanol–water partition coefficient (Wildman–Crippen LogP) is 5.60. The number of ether oxygens (including phenoxy) is 3. The average molecular weight is 459 g/mol. The molecule has 172 valence electrons. The molecule has 2 unspecified atom stereocenters. The first-order valence-electron chi connectivity index (χ1n) is 11.1. The third-order valence-corrected chi connectivity index (χ3v) is 6.41. The maximum atomic E-state index is 13.0. The highest BCUT2D eigenvalue weighted by molar-refractivity contribution is 6.30. The zero-order chi connectivity index (χ0) is 23.3. The number of carbonyl (C=O) groups is 2. The maximum absolute atomic E-state index is 13.0. The molecule has 0 spiro atoms. The summed E-state index contributed by atoms with van der Waals surface area (Å²) < 4.78 is 16.7. The van der Waals surface area contributed by atoms with Gasteiger partial charge in [0.15, 0.2) is 0 Å². The molecule has 0 bridgehead atoms. The summed E-state index contributed by atoms with van der Waals surface area (Å²) in [5.41, 5.74) is 3.67. The Labute approximate surface area is 195 Å². The molecule has 2 aromatic rings. The van der Waals surface area contributed by atoms with Gasteiger partial charge in [0.2, 0.25) is 5.60 Å². The Hall–Kier alpha value is -2.37. The first-order valence-corrected chi connectivity index (χ1v) is 11.5. The summed E-state index contributed by atoms with van der Waals surface area (Å²) in [5, 5.41) is 0.690. The Bertz CT molecular complexity index is 969. The van der Waals surface area contributed by atoms with Crippen LogP contribution < -0.4 is 0 Å². The van der Waals surface area contributed by atoms with E-state index in [1.165, 1.54) is 0 Å². The summed E-state index contributed by atoms with van der Waals surface area (Å²) in [4.78, 5) is 25.8. The van der Waals surface area contributed by atoms with Gasteiger partial charge in [-0.05, 0) is 73.6 Å². The Kier molecular flexibility index (Phi) is 7.96. The van der Waals surface area contributed by atoms with Crippen molar-refractivity contribution < 1.29 is 23.8 Å². The fourth-order valence-electron chi connectivity index (χ4n) is 4.47. The van der Waals surface area contributed by atoms with Gasteiger partial charge >= 0.3 is 11.9 Å². The zero-order valence-electron chi connectivity index (χ0n) is 19.2. The molecule has 0 aromatic heterocycles. The van der Waals surface area contributed by atoms with Crippen molar-refractivity contribution in [2.45, 2.75) is 64.6 Å². The molecule has 3 rings (SSSR count). The van der Waals surface area contributed by atoms with E-state index in [0.29, 0.717) is 17.9 Å². The number of carbonyl (C=O) groups excluding carboxylic acids is 2. The van der Waals surface area contributed by atoms with Gasteiger partial charge in [0.05, 0.1) is 13.0 Å². The van der Waals surface area contributed by atoms with Crippen LogP contribution in [0.1, 0.15) is 49.3 Å². The van der Waals surface area contributed by atoms with E-state index < -0.39 is 23.6 Å². The molecular formula is C26H31ClO5. The topological polar surface area (TPSA) is 61.8 Å². The van der Waals surface area contributed by atoms with Crippen LogP contribution in [-0.4, -0.2) is 37.4 Å². The molecule has 2 aromatic carbocycles. The van der Waals surface area contributed by atoms with E-state index in [1.807, 2.05) is 44.2 Å². The molecular weight excluding hydrogens is 428 g/mol. The second-order valence-corrected chi connectivity index (χ2v) is 8.77. The lowest BCUT2D eigenvalue weighted by Gasteiger charge is -2.40. The van der Waals surface area contributed by atoms with Gasteiger partial charge in [-0.15, -0.1) is 0 Å². The van der Waals surface area contributed by atoms with Crippen molar-refractivity contribution in [3.05, 3.63) is 58.1 Å². The van der Waals surface area contributed by atoms with E-state index in [4.69, 9.17) is 25.8 Å². The molecule has 0 N–H and O–H groups in total. The Morgan fingerprint density at radius 1 is 1.09 bits per heavy atom. The highest BCUT2D eigenvalue weighted by Gasteiger charge is 2.52. The molecule has 5 nitrogen and oxygen atoms in total. The van der Waals surface area contributed by atoms with E-state index in [0.717, 1.165) is 40.7 Å². The smallest absolute Gasteiger partial charge is 0.353 e. The molecule has 2 atom stereocenters. The Balaban J connectivity index is 1.83. The minimum absolute atomic E-state index is 0.0746. The summed E-state index contributed by atoms with van der Waals surface area (Å²) in [6, 6.07) is 11.8. The second-order valence-electron chi connectivity index (χ2n) is 8.33. The number of esters is 2. The van der Waals surface area contributed by atoms with Crippen LogP contribution >= 0.6 is 11.6 Å². The van der Waals surface area contributed by atoms with Crippen LogP contribution in [0.5, 0.6) is 0 Å². The van der Waals surface area contributed by atoms with Crippen molar-refractivity contribution in [2.24, 2.45) is 0 Å². The number of rotatable bonds is 7. The van der Waals surface area contributed by atoms with Crippen LogP contribution in [0.2, 0.25) is 5.02 Å². The third kappa shape index (κ3) is 5.16. The number of hydrogen-bond acceptors (Lipinski definition) is 5. The summed E-state index contributed by atoms with van der Waals surface area (Å²) in [6.07, 6.45) is 2.32. The lowest BCUT2D eigenvalue weighted by molar-refractivity contribution is -0.204. The molecule has 0 heterocycles. The molecule has 1 fully saturated rings. The van der Waals surface area contributed by atoms with E-state index in [9.17, 15) is 9.59 Å². The van der Waals surface area contributed by atoms with Gasteiger partial charge in [0.25, 0.3) is 0 Å². The predicted molar refractivity (Wildman–Crippen MR) is 125 cm³/mol. The van der Waals surface area contributed by atoms with Gasteiger partial charge in [0, 0.05) is 18.6 Å². The molecule has 0 radical (unpaired) electrons. The van der Waals surface area contributed by atoms with Gasteiger partial charge in [-0.25, -0.2) is 4.79 Å². The molecule has 6 heteroatoms. The van der Waals surface area contributed by atoms with E-state index in [2.05, 4.69) is 6.07 Å². The van der Waals surface area contributed by atoms with Crippen LogP contribution in [0, 0.1) is 13.8 Å².